The highest BCUT2D eigenvalue weighted by Gasteiger charge is 2.24. The van der Waals surface area contributed by atoms with Crippen LogP contribution in [0, 0.1) is 0 Å². The average Bonchev–Trinajstić information content (AvgIpc) is 3.17. The third kappa shape index (κ3) is 2.26. The maximum atomic E-state index is 13.0. The van der Waals surface area contributed by atoms with Gasteiger partial charge in [-0.25, -0.2) is 4.98 Å². The van der Waals surface area contributed by atoms with Gasteiger partial charge in [-0.15, -0.1) is 0 Å². The van der Waals surface area contributed by atoms with Crippen molar-refractivity contribution < 1.29 is 14.3 Å². The number of carbonyl (C=O) groups excluding carboxylic acids is 1. The number of benzene rings is 1. The van der Waals surface area contributed by atoms with Crippen molar-refractivity contribution in [3.05, 3.63) is 22.5 Å². The van der Waals surface area contributed by atoms with E-state index in [1.807, 2.05) is 0 Å². The second-order valence-electron chi connectivity index (χ2n) is 5.67. The molecule has 3 aromatic rings. The van der Waals surface area contributed by atoms with Crippen molar-refractivity contribution in [2.45, 2.75) is 18.2 Å². The van der Waals surface area contributed by atoms with Crippen molar-refractivity contribution >= 4 is 39.6 Å². The Morgan fingerprint density at radius 3 is 2.72 bits per heavy atom. The van der Waals surface area contributed by atoms with E-state index >= 15 is 0 Å². The first-order valence-electron chi connectivity index (χ1n) is 7.65. The van der Waals surface area contributed by atoms with Gasteiger partial charge in [-0.1, -0.05) is 11.8 Å². The van der Waals surface area contributed by atoms with E-state index in [4.69, 9.17) is 15.2 Å². The standard InChI is InChI=1S/C16H16N4O4S/c1-23-10-5-8-9(6-11(10)24-2)20(7-12(17)21)14-13(8)18-16-19(15(14)22)3-4-25-16/h5-6H,3-4,7H2,1-2H3,(H2,17,21). The van der Waals surface area contributed by atoms with E-state index in [2.05, 4.69) is 4.98 Å². The minimum absolute atomic E-state index is 0.112. The summed E-state index contributed by atoms with van der Waals surface area (Å²) < 4.78 is 14.0. The van der Waals surface area contributed by atoms with Crippen molar-refractivity contribution in [3.63, 3.8) is 0 Å². The Balaban J connectivity index is 2.19. The minimum atomic E-state index is -0.534. The summed E-state index contributed by atoms with van der Waals surface area (Å²) >= 11 is 1.54. The lowest BCUT2D eigenvalue weighted by Crippen LogP contribution is -2.25. The second kappa shape index (κ2) is 5.69. The first-order valence-corrected chi connectivity index (χ1v) is 8.63. The molecule has 0 unspecified atom stereocenters. The van der Waals surface area contributed by atoms with Gasteiger partial charge in [-0.3, -0.25) is 14.2 Å². The molecule has 0 spiro atoms. The summed E-state index contributed by atoms with van der Waals surface area (Å²) in [4.78, 5) is 29.2. The second-order valence-corrected chi connectivity index (χ2v) is 6.74. The molecule has 1 aliphatic rings. The third-order valence-corrected chi connectivity index (χ3v) is 5.24. The molecular formula is C16H16N4O4S. The van der Waals surface area contributed by atoms with Crippen molar-refractivity contribution in [1.82, 2.24) is 14.1 Å². The van der Waals surface area contributed by atoms with Crippen LogP contribution in [0.2, 0.25) is 0 Å². The number of hydrogen-bond acceptors (Lipinski definition) is 6. The normalized spacial score (nSPS) is 13.4. The fraction of sp³-hybridized carbons (Fsp3) is 0.312. The number of aromatic nitrogens is 3. The van der Waals surface area contributed by atoms with Crippen molar-refractivity contribution in [3.8, 4) is 11.5 Å². The van der Waals surface area contributed by atoms with E-state index in [1.165, 1.54) is 7.11 Å². The monoisotopic (exact) mass is 360 g/mol. The largest absolute Gasteiger partial charge is 0.493 e. The number of primary amides is 1. The average molecular weight is 360 g/mol. The fourth-order valence-electron chi connectivity index (χ4n) is 3.21. The Morgan fingerprint density at radius 2 is 2.04 bits per heavy atom. The Kier molecular flexibility index (Phi) is 3.60. The van der Waals surface area contributed by atoms with Crippen LogP contribution < -0.4 is 20.8 Å². The lowest BCUT2D eigenvalue weighted by Gasteiger charge is -2.09. The SMILES string of the molecule is COc1cc2c3nc4n(c(=O)c3n(CC(N)=O)c2cc1OC)CCS4. The number of thioether (sulfide) groups is 1. The summed E-state index contributed by atoms with van der Waals surface area (Å²) in [6, 6.07) is 3.51. The Labute approximate surface area is 146 Å². The minimum Gasteiger partial charge on any atom is -0.493 e. The number of carbonyl (C=O) groups is 1. The molecule has 0 fully saturated rings. The molecule has 1 aromatic carbocycles. The Hall–Kier alpha value is -2.68. The maximum Gasteiger partial charge on any atom is 0.278 e. The van der Waals surface area contributed by atoms with E-state index in [-0.39, 0.29) is 12.1 Å². The molecule has 0 saturated carbocycles. The van der Waals surface area contributed by atoms with Crippen molar-refractivity contribution in [2.24, 2.45) is 5.73 Å². The molecular weight excluding hydrogens is 344 g/mol. The molecule has 130 valence electrons. The number of fused-ring (bicyclic) bond motifs is 4. The molecule has 1 amide bonds. The number of rotatable bonds is 4. The molecule has 9 heteroatoms. The molecule has 0 atom stereocenters. The summed E-state index contributed by atoms with van der Waals surface area (Å²) in [5.74, 6) is 1.31. The molecule has 1 aliphatic heterocycles. The Bertz CT molecular complexity index is 1090. The predicted molar refractivity (Wildman–Crippen MR) is 94.5 cm³/mol. The number of hydrogen-bond donors (Lipinski definition) is 1. The molecule has 2 N–H and O–H groups in total. The van der Waals surface area contributed by atoms with Crippen LogP contribution in [-0.2, 0) is 17.9 Å². The van der Waals surface area contributed by atoms with Crippen LogP contribution in [0.5, 0.6) is 11.5 Å². The lowest BCUT2D eigenvalue weighted by molar-refractivity contribution is -0.118. The summed E-state index contributed by atoms with van der Waals surface area (Å²) in [6.45, 7) is 0.491. The number of ether oxygens (including phenoxy) is 2. The van der Waals surface area contributed by atoms with Crippen LogP contribution in [0.15, 0.2) is 22.1 Å². The van der Waals surface area contributed by atoms with Gasteiger partial charge in [0.2, 0.25) is 5.91 Å². The highest BCUT2D eigenvalue weighted by atomic mass is 32.2. The summed E-state index contributed by atoms with van der Waals surface area (Å²) in [5.41, 5.74) is 6.81. The van der Waals surface area contributed by atoms with Gasteiger partial charge in [0.15, 0.2) is 16.7 Å². The van der Waals surface area contributed by atoms with E-state index < -0.39 is 5.91 Å². The van der Waals surface area contributed by atoms with Gasteiger partial charge in [-0.05, 0) is 6.07 Å². The third-order valence-electron chi connectivity index (χ3n) is 4.29. The number of nitrogens with two attached hydrogens (primary N) is 1. The Morgan fingerprint density at radius 1 is 1.32 bits per heavy atom. The number of nitrogens with zero attached hydrogens (tertiary/aromatic N) is 3. The summed E-state index contributed by atoms with van der Waals surface area (Å²) in [6.07, 6.45) is 0. The van der Waals surface area contributed by atoms with Gasteiger partial charge >= 0.3 is 0 Å². The van der Waals surface area contributed by atoms with E-state index in [0.717, 1.165) is 11.1 Å². The highest BCUT2D eigenvalue weighted by molar-refractivity contribution is 7.99. The highest BCUT2D eigenvalue weighted by Crippen LogP contribution is 2.37. The molecule has 0 saturated heterocycles. The molecule has 3 heterocycles. The first kappa shape index (κ1) is 15.8. The van der Waals surface area contributed by atoms with Crippen LogP contribution >= 0.6 is 11.8 Å². The fourth-order valence-corrected chi connectivity index (χ4v) is 4.16. The zero-order valence-corrected chi connectivity index (χ0v) is 14.6. The number of amides is 1. The van der Waals surface area contributed by atoms with Gasteiger partial charge < -0.3 is 19.8 Å². The van der Waals surface area contributed by atoms with Crippen LogP contribution in [0.3, 0.4) is 0 Å². The van der Waals surface area contributed by atoms with Crippen molar-refractivity contribution in [2.75, 3.05) is 20.0 Å². The van der Waals surface area contributed by atoms with Crippen LogP contribution in [0.4, 0.5) is 0 Å². The zero-order valence-electron chi connectivity index (χ0n) is 13.7. The van der Waals surface area contributed by atoms with Gasteiger partial charge in [0.25, 0.3) is 5.56 Å². The van der Waals surface area contributed by atoms with Crippen molar-refractivity contribution in [1.29, 1.82) is 0 Å². The molecule has 8 nitrogen and oxygen atoms in total. The predicted octanol–water partition coefficient (Wildman–Crippen LogP) is 0.959. The zero-order chi connectivity index (χ0) is 17.7. The van der Waals surface area contributed by atoms with Gasteiger partial charge in [0.05, 0.1) is 19.7 Å². The molecule has 25 heavy (non-hydrogen) atoms. The maximum absolute atomic E-state index is 13.0. The van der Waals surface area contributed by atoms with E-state index in [9.17, 15) is 9.59 Å². The van der Waals surface area contributed by atoms with Gasteiger partial charge in [-0.2, -0.15) is 0 Å². The van der Waals surface area contributed by atoms with Crippen LogP contribution in [0.25, 0.3) is 21.9 Å². The van der Waals surface area contributed by atoms with E-state index in [1.54, 1.807) is 40.1 Å². The molecule has 0 bridgehead atoms. The smallest absolute Gasteiger partial charge is 0.278 e. The molecule has 4 rings (SSSR count). The molecule has 0 aliphatic carbocycles. The summed E-state index contributed by atoms with van der Waals surface area (Å²) in [5, 5.41) is 1.41. The first-order chi connectivity index (χ1) is 12.0. The molecule has 2 aromatic heterocycles. The van der Waals surface area contributed by atoms with Crippen LogP contribution in [0.1, 0.15) is 0 Å². The molecule has 0 radical (unpaired) electrons. The summed E-state index contributed by atoms with van der Waals surface area (Å²) in [7, 11) is 3.07. The van der Waals surface area contributed by atoms with E-state index in [0.29, 0.717) is 39.8 Å². The van der Waals surface area contributed by atoms with Gasteiger partial charge in [0, 0.05) is 23.8 Å². The van der Waals surface area contributed by atoms with Gasteiger partial charge in [0.1, 0.15) is 17.6 Å². The van der Waals surface area contributed by atoms with Crippen LogP contribution in [-0.4, -0.2) is 40.0 Å². The quantitative estimate of drug-likeness (QED) is 0.696. The lowest BCUT2D eigenvalue weighted by atomic mass is 10.2. The topological polar surface area (TPSA) is 101 Å². The number of methoxy groups -OCH3 is 2.